The molecule has 2 aromatic rings. The number of nitrogens with one attached hydrogen (secondary N) is 1. The van der Waals surface area contributed by atoms with Gasteiger partial charge in [0.15, 0.2) is 0 Å². The van der Waals surface area contributed by atoms with Crippen LogP contribution in [0, 0.1) is 13.8 Å². The minimum absolute atomic E-state index is 0.469. The molecule has 0 aromatic carbocycles. The average Bonchev–Trinajstić information content (AvgIpc) is 2.80. The summed E-state index contributed by atoms with van der Waals surface area (Å²) in [4.78, 5) is 11.1. The molecule has 4 nitrogen and oxygen atoms in total. The molecule has 1 saturated carbocycles. The quantitative estimate of drug-likeness (QED) is 0.846. The molecule has 0 radical (unpaired) electrons. The van der Waals surface area contributed by atoms with Crippen molar-refractivity contribution in [2.24, 2.45) is 0 Å². The molecular weight excluding hydrogens is 282 g/mol. The van der Waals surface area contributed by atoms with E-state index in [2.05, 4.69) is 29.1 Å². The zero-order valence-electron chi connectivity index (χ0n) is 12.8. The van der Waals surface area contributed by atoms with Crippen LogP contribution in [0.15, 0.2) is 6.33 Å². The van der Waals surface area contributed by atoms with Crippen molar-refractivity contribution < 1.29 is 4.74 Å². The van der Waals surface area contributed by atoms with Crippen molar-refractivity contribution >= 4 is 27.4 Å². The predicted octanol–water partition coefficient (Wildman–Crippen LogP) is 4.07. The molecule has 0 amide bonds. The van der Waals surface area contributed by atoms with E-state index in [1.807, 2.05) is 0 Å². The van der Waals surface area contributed by atoms with E-state index in [0.29, 0.717) is 6.10 Å². The summed E-state index contributed by atoms with van der Waals surface area (Å²) in [7, 11) is 0. The summed E-state index contributed by atoms with van der Waals surface area (Å²) in [6, 6.07) is 0. The van der Waals surface area contributed by atoms with E-state index in [1.165, 1.54) is 42.5 Å². The lowest BCUT2D eigenvalue weighted by molar-refractivity contribution is 0.0347. The Kier molecular flexibility index (Phi) is 4.70. The van der Waals surface area contributed by atoms with Gasteiger partial charge in [-0.1, -0.05) is 19.3 Å². The van der Waals surface area contributed by atoms with E-state index < -0.39 is 0 Å². The van der Waals surface area contributed by atoms with Gasteiger partial charge in [0.2, 0.25) is 0 Å². The van der Waals surface area contributed by atoms with E-state index in [9.17, 15) is 0 Å². The fourth-order valence-corrected chi connectivity index (χ4v) is 3.94. The number of hydrogen-bond acceptors (Lipinski definition) is 5. The van der Waals surface area contributed by atoms with Gasteiger partial charge in [-0.15, -0.1) is 11.3 Å². The number of aryl methyl sites for hydroxylation is 2. The Morgan fingerprint density at radius 1 is 1.24 bits per heavy atom. The number of thiophene rings is 1. The van der Waals surface area contributed by atoms with Crippen LogP contribution in [0.4, 0.5) is 5.82 Å². The van der Waals surface area contributed by atoms with Gasteiger partial charge < -0.3 is 10.1 Å². The molecule has 3 rings (SSSR count). The molecule has 1 fully saturated rings. The number of ether oxygens (including phenoxy) is 1. The highest BCUT2D eigenvalue weighted by Gasteiger charge is 2.14. The van der Waals surface area contributed by atoms with Crippen LogP contribution in [0.3, 0.4) is 0 Å². The molecule has 0 bridgehead atoms. The van der Waals surface area contributed by atoms with Gasteiger partial charge in [-0.3, -0.25) is 0 Å². The molecule has 0 unspecified atom stereocenters. The van der Waals surface area contributed by atoms with Crippen LogP contribution in [0.25, 0.3) is 10.2 Å². The number of nitrogens with zero attached hydrogens (tertiary/aromatic N) is 2. The van der Waals surface area contributed by atoms with E-state index in [4.69, 9.17) is 4.74 Å². The second-order valence-electron chi connectivity index (χ2n) is 5.74. The van der Waals surface area contributed by atoms with Gasteiger partial charge in [0.05, 0.1) is 18.1 Å². The lowest BCUT2D eigenvalue weighted by Crippen LogP contribution is -2.20. The number of anilines is 1. The highest BCUT2D eigenvalue weighted by Crippen LogP contribution is 2.32. The smallest absolute Gasteiger partial charge is 0.138 e. The zero-order valence-corrected chi connectivity index (χ0v) is 13.6. The highest BCUT2D eigenvalue weighted by atomic mass is 32.1. The Balaban J connectivity index is 1.58. The van der Waals surface area contributed by atoms with Gasteiger partial charge in [-0.25, -0.2) is 9.97 Å². The summed E-state index contributed by atoms with van der Waals surface area (Å²) in [5.74, 6) is 0.939. The van der Waals surface area contributed by atoms with Crippen LogP contribution in [0.1, 0.15) is 42.5 Å². The van der Waals surface area contributed by atoms with Crippen LogP contribution < -0.4 is 5.32 Å². The maximum atomic E-state index is 5.95. The first-order valence-electron chi connectivity index (χ1n) is 7.82. The van der Waals surface area contributed by atoms with Crippen molar-refractivity contribution in [2.45, 2.75) is 52.1 Å². The molecule has 2 aromatic heterocycles. The van der Waals surface area contributed by atoms with Crippen LogP contribution in [-0.2, 0) is 4.74 Å². The second kappa shape index (κ2) is 6.71. The third-order valence-corrected chi connectivity index (χ3v) is 5.38. The summed E-state index contributed by atoms with van der Waals surface area (Å²) in [5, 5.41) is 4.58. The number of aromatic nitrogens is 2. The molecule has 2 heterocycles. The SMILES string of the molecule is Cc1sc2ncnc(NCCOC3CCCCC3)c2c1C. The normalized spacial score (nSPS) is 16.5. The Bertz CT molecular complexity index is 605. The summed E-state index contributed by atoms with van der Waals surface area (Å²) in [6.45, 7) is 5.83. The van der Waals surface area contributed by atoms with Crippen molar-refractivity contribution in [3.63, 3.8) is 0 Å². The minimum atomic E-state index is 0.469. The molecule has 0 saturated heterocycles. The molecule has 0 spiro atoms. The van der Waals surface area contributed by atoms with Crippen LogP contribution >= 0.6 is 11.3 Å². The topological polar surface area (TPSA) is 47.0 Å². The molecule has 0 aliphatic heterocycles. The fourth-order valence-electron chi connectivity index (χ4n) is 2.94. The van der Waals surface area contributed by atoms with E-state index in [1.54, 1.807) is 17.7 Å². The number of rotatable bonds is 5. The Labute approximate surface area is 129 Å². The van der Waals surface area contributed by atoms with E-state index >= 15 is 0 Å². The maximum Gasteiger partial charge on any atom is 0.138 e. The first-order valence-corrected chi connectivity index (χ1v) is 8.63. The lowest BCUT2D eigenvalue weighted by atomic mass is 9.98. The van der Waals surface area contributed by atoms with Gasteiger partial charge in [-0.05, 0) is 32.3 Å². The van der Waals surface area contributed by atoms with E-state index in [0.717, 1.165) is 29.2 Å². The van der Waals surface area contributed by atoms with E-state index in [-0.39, 0.29) is 0 Å². The monoisotopic (exact) mass is 305 g/mol. The average molecular weight is 305 g/mol. The molecule has 1 aliphatic carbocycles. The standard InChI is InChI=1S/C16H23N3OS/c1-11-12(2)21-16-14(11)15(18-10-19-16)17-8-9-20-13-6-4-3-5-7-13/h10,13H,3-9H2,1-2H3,(H,17,18,19). The molecule has 5 heteroatoms. The van der Waals surface area contributed by atoms with Crippen molar-refractivity contribution in [3.05, 3.63) is 16.8 Å². The molecule has 1 aliphatic rings. The zero-order chi connectivity index (χ0) is 14.7. The summed E-state index contributed by atoms with van der Waals surface area (Å²) in [6.07, 6.45) is 8.56. The second-order valence-corrected chi connectivity index (χ2v) is 6.95. The Morgan fingerprint density at radius 2 is 2.05 bits per heavy atom. The third-order valence-electron chi connectivity index (χ3n) is 4.27. The van der Waals surface area contributed by atoms with Crippen molar-refractivity contribution in [2.75, 3.05) is 18.5 Å². The third kappa shape index (κ3) is 3.35. The van der Waals surface area contributed by atoms with Crippen molar-refractivity contribution in [3.8, 4) is 0 Å². The van der Waals surface area contributed by atoms with Gasteiger partial charge in [0.1, 0.15) is 17.0 Å². The molecule has 114 valence electrons. The maximum absolute atomic E-state index is 5.95. The van der Waals surface area contributed by atoms with Gasteiger partial charge in [0.25, 0.3) is 0 Å². The molecule has 0 atom stereocenters. The van der Waals surface area contributed by atoms with Gasteiger partial charge in [-0.2, -0.15) is 0 Å². The van der Waals surface area contributed by atoms with Crippen LogP contribution in [0.2, 0.25) is 0 Å². The first kappa shape index (κ1) is 14.7. The van der Waals surface area contributed by atoms with Gasteiger partial charge in [0, 0.05) is 11.4 Å². The predicted molar refractivity (Wildman–Crippen MR) is 88.2 cm³/mol. The lowest BCUT2D eigenvalue weighted by Gasteiger charge is -2.22. The first-order chi connectivity index (χ1) is 10.3. The molecular formula is C16H23N3OS. The largest absolute Gasteiger partial charge is 0.376 e. The van der Waals surface area contributed by atoms with Crippen LogP contribution in [-0.4, -0.2) is 29.2 Å². The number of hydrogen-bond donors (Lipinski definition) is 1. The number of fused-ring (bicyclic) bond motifs is 1. The molecule has 21 heavy (non-hydrogen) atoms. The van der Waals surface area contributed by atoms with Crippen molar-refractivity contribution in [1.29, 1.82) is 0 Å². The summed E-state index contributed by atoms with van der Waals surface area (Å²) < 4.78 is 5.95. The Morgan fingerprint density at radius 3 is 2.86 bits per heavy atom. The van der Waals surface area contributed by atoms with Crippen LogP contribution in [0.5, 0.6) is 0 Å². The van der Waals surface area contributed by atoms with Crippen molar-refractivity contribution in [1.82, 2.24) is 9.97 Å². The fraction of sp³-hybridized carbons (Fsp3) is 0.625. The molecule has 1 N–H and O–H groups in total. The summed E-state index contributed by atoms with van der Waals surface area (Å²) >= 11 is 1.73. The Hall–Kier alpha value is -1.20. The minimum Gasteiger partial charge on any atom is -0.376 e. The highest BCUT2D eigenvalue weighted by molar-refractivity contribution is 7.18. The summed E-state index contributed by atoms with van der Waals surface area (Å²) in [5.41, 5.74) is 1.28. The van der Waals surface area contributed by atoms with Gasteiger partial charge >= 0.3 is 0 Å².